The first-order valence-electron chi connectivity index (χ1n) is 10.3. The van der Waals surface area contributed by atoms with Crippen LogP contribution in [0.2, 0.25) is 0 Å². The first-order valence-corrected chi connectivity index (χ1v) is 11.8. The van der Waals surface area contributed by atoms with E-state index in [0.29, 0.717) is 30.4 Å². The fourth-order valence-electron chi connectivity index (χ4n) is 3.44. The van der Waals surface area contributed by atoms with Crippen LogP contribution in [0.4, 0.5) is 0 Å². The number of rotatable bonds is 9. The third kappa shape index (κ3) is 5.82. The molecule has 31 heavy (non-hydrogen) atoms. The van der Waals surface area contributed by atoms with Gasteiger partial charge in [-0.2, -0.15) is 0 Å². The smallest absolute Gasteiger partial charge is 0.330 e. The minimum atomic E-state index is -3.93. The standard InChI is InChI=1S/C21H32N4O5S/c1-14(2)12-25(13-15(3)4)19(26)9-10-22-31(29,30)16-7-8-18-17(11-16)20(27)24(6)21(28)23(18)5/h7-8,11,14-15,22H,9-10,12-13H2,1-6H3. The number of carbonyl (C=O) groups is 1. The maximum absolute atomic E-state index is 12.7. The van der Waals surface area contributed by atoms with Crippen molar-refractivity contribution in [3.63, 3.8) is 0 Å². The highest BCUT2D eigenvalue weighted by Gasteiger charge is 2.20. The number of nitrogens with one attached hydrogen (secondary N) is 1. The summed E-state index contributed by atoms with van der Waals surface area (Å²) in [4.78, 5) is 38.7. The van der Waals surface area contributed by atoms with Crippen LogP contribution < -0.4 is 16.0 Å². The van der Waals surface area contributed by atoms with Gasteiger partial charge < -0.3 is 4.90 Å². The Morgan fingerprint density at radius 1 is 1.03 bits per heavy atom. The molecule has 0 saturated heterocycles. The van der Waals surface area contributed by atoms with Gasteiger partial charge in [0.15, 0.2) is 0 Å². The highest BCUT2D eigenvalue weighted by atomic mass is 32.2. The van der Waals surface area contributed by atoms with Gasteiger partial charge in [0, 0.05) is 40.2 Å². The van der Waals surface area contributed by atoms with Crippen molar-refractivity contribution < 1.29 is 13.2 Å². The van der Waals surface area contributed by atoms with E-state index in [1.807, 2.05) is 27.7 Å². The Morgan fingerprint density at radius 3 is 2.16 bits per heavy atom. The Labute approximate surface area is 182 Å². The van der Waals surface area contributed by atoms with E-state index in [1.54, 1.807) is 4.90 Å². The van der Waals surface area contributed by atoms with E-state index in [0.717, 1.165) is 4.57 Å². The molecule has 2 aromatic rings. The van der Waals surface area contributed by atoms with Crippen LogP contribution in [0, 0.1) is 11.8 Å². The Hall–Kier alpha value is -2.46. The molecule has 0 aliphatic heterocycles. The first-order chi connectivity index (χ1) is 14.3. The molecule has 1 aromatic heterocycles. The predicted octanol–water partition coefficient (Wildman–Crippen LogP) is 1.05. The number of benzene rings is 1. The second-order valence-electron chi connectivity index (χ2n) is 8.62. The zero-order valence-electron chi connectivity index (χ0n) is 19.0. The summed E-state index contributed by atoms with van der Waals surface area (Å²) in [5.41, 5.74) is -0.708. The molecule has 0 aliphatic carbocycles. The average Bonchev–Trinajstić information content (AvgIpc) is 2.68. The van der Waals surface area contributed by atoms with Gasteiger partial charge in [-0.05, 0) is 30.0 Å². The van der Waals surface area contributed by atoms with Crippen molar-refractivity contribution >= 4 is 26.8 Å². The molecule has 1 heterocycles. The molecule has 2 rings (SSSR count). The highest BCUT2D eigenvalue weighted by molar-refractivity contribution is 7.89. The van der Waals surface area contributed by atoms with Gasteiger partial charge in [0.05, 0.1) is 15.8 Å². The number of fused-ring (bicyclic) bond motifs is 1. The van der Waals surface area contributed by atoms with Gasteiger partial charge in [-0.15, -0.1) is 0 Å². The lowest BCUT2D eigenvalue weighted by molar-refractivity contribution is -0.132. The van der Waals surface area contributed by atoms with Crippen LogP contribution in [0.3, 0.4) is 0 Å². The van der Waals surface area contributed by atoms with Gasteiger partial charge in [-0.25, -0.2) is 17.9 Å². The molecule has 10 heteroatoms. The number of carbonyl (C=O) groups excluding carboxylic acids is 1. The largest absolute Gasteiger partial charge is 0.342 e. The third-order valence-electron chi connectivity index (χ3n) is 4.90. The molecule has 0 aliphatic rings. The number of hydrogen-bond acceptors (Lipinski definition) is 5. The molecule has 1 amide bonds. The maximum Gasteiger partial charge on any atom is 0.330 e. The number of aryl methyl sites for hydroxylation is 1. The molecule has 1 N–H and O–H groups in total. The summed E-state index contributed by atoms with van der Waals surface area (Å²) in [7, 11) is -1.07. The van der Waals surface area contributed by atoms with E-state index >= 15 is 0 Å². The minimum absolute atomic E-state index is 0.0442. The molecule has 0 atom stereocenters. The van der Waals surface area contributed by atoms with Crippen molar-refractivity contribution in [3.05, 3.63) is 39.0 Å². The normalized spacial score (nSPS) is 12.1. The molecule has 0 radical (unpaired) electrons. The van der Waals surface area contributed by atoms with Gasteiger partial charge in [0.25, 0.3) is 5.56 Å². The molecule has 0 saturated carbocycles. The second-order valence-corrected chi connectivity index (χ2v) is 10.4. The topological polar surface area (TPSA) is 110 Å². The molecule has 1 aromatic carbocycles. The fourth-order valence-corrected chi connectivity index (χ4v) is 4.49. The molecule has 9 nitrogen and oxygen atoms in total. The van der Waals surface area contributed by atoms with Crippen molar-refractivity contribution in [2.24, 2.45) is 25.9 Å². The maximum atomic E-state index is 12.7. The molecular weight excluding hydrogens is 420 g/mol. The van der Waals surface area contributed by atoms with Crippen molar-refractivity contribution in [2.75, 3.05) is 19.6 Å². The monoisotopic (exact) mass is 452 g/mol. The summed E-state index contributed by atoms with van der Waals surface area (Å²) in [6.07, 6.45) is 0.0442. The SMILES string of the molecule is CC(C)CN(CC(C)C)C(=O)CCNS(=O)(=O)c1ccc2c(c1)c(=O)n(C)c(=O)n2C. The Kier molecular flexibility index (Phi) is 7.82. The van der Waals surface area contributed by atoms with Crippen LogP contribution in [-0.4, -0.2) is 48.0 Å². The summed E-state index contributed by atoms with van der Waals surface area (Å²) >= 11 is 0. The second kappa shape index (κ2) is 9.78. The zero-order valence-corrected chi connectivity index (χ0v) is 19.8. The molecule has 172 valence electrons. The first kappa shape index (κ1) is 24.8. The van der Waals surface area contributed by atoms with Crippen molar-refractivity contribution in [3.8, 4) is 0 Å². The Morgan fingerprint density at radius 2 is 1.61 bits per heavy atom. The number of amides is 1. The molecule has 0 spiro atoms. The lowest BCUT2D eigenvalue weighted by Gasteiger charge is -2.26. The zero-order chi connectivity index (χ0) is 23.5. The van der Waals surface area contributed by atoms with Crippen LogP contribution in [0.15, 0.2) is 32.7 Å². The number of nitrogens with zero attached hydrogens (tertiary/aromatic N) is 3. The Balaban J connectivity index is 2.19. The van der Waals surface area contributed by atoms with Crippen molar-refractivity contribution in [1.29, 1.82) is 0 Å². The molecular formula is C21H32N4O5S. The molecule has 0 bridgehead atoms. The summed E-state index contributed by atoms with van der Waals surface area (Å²) in [5.74, 6) is 0.526. The van der Waals surface area contributed by atoms with Crippen LogP contribution in [0.25, 0.3) is 10.9 Å². The van der Waals surface area contributed by atoms with Gasteiger partial charge in [-0.1, -0.05) is 27.7 Å². The predicted molar refractivity (Wildman–Crippen MR) is 120 cm³/mol. The summed E-state index contributed by atoms with van der Waals surface area (Å²) in [6, 6.07) is 4.03. The fraction of sp³-hybridized carbons (Fsp3) is 0.571. The third-order valence-corrected chi connectivity index (χ3v) is 6.36. The lowest BCUT2D eigenvalue weighted by Crippen LogP contribution is -2.39. The van der Waals surface area contributed by atoms with E-state index in [9.17, 15) is 22.8 Å². The van der Waals surface area contributed by atoms with E-state index in [1.165, 1.54) is 36.9 Å². The van der Waals surface area contributed by atoms with E-state index in [2.05, 4.69) is 4.72 Å². The lowest BCUT2D eigenvalue weighted by atomic mass is 10.1. The number of aromatic nitrogens is 2. The van der Waals surface area contributed by atoms with Crippen molar-refractivity contribution in [1.82, 2.24) is 18.8 Å². The van der Waals surface area contributed by atoms with Gasteiger partial charge in [0.2, 0.25) is 15.9 Å². The van der Waals surface area contributed by atoms with Gasteiger partial charge >= 0.3 is 5.69 Å². The van der Waals surface area contributed by atoms with Crippen LogP contribution in [-0.2, 0) is 28.9 Å². The number of sulfonamides is 1. The quantitative estimate of drug-likeness (QED) is 0.611. The molecule has 0 unspecified atom stereocenters. The van der Waals surface area contributed by atoms with Crippen LogP contribution in [0.1, 0.15) is 34.1 Å². The Bertz CT molecular complexity index is 1170. The van der Waals surface area contributed by atoms with E-state index < -0.39 is 21.3 Å². The summed E-state index contributed by atoms with van der Waals surface area (Å²) in [5, 5.41) is 0.128. The van der Waals surface area contributed by atoms with Gasteiger partial charge in [0.1, 0.15) is 0 Å². The average molecular weight is 453 g/mol. The summed E-state index contributed by atoms with van der Waals surface area (Å²) < 4.78 is 30.1. The van der Waals surface area contributed by atoms with Gasteiger partial charge in [-0.3, -0.25) is 18.7 Å². The van der Waals surface area contributed by atoms with E-state index in [-0.39, 0.29) is 29.2 Å². The minimum Gasteiger partial charge on any atom is -0.342 e. The molecule has 0 fully saturated rings. The van der Waals surface area contributed by atoms with Crippen molar-refractivity contribution in [2.45, 2.75) is 39.0 Å². The number of hydrogen-bond donors (Lipinski definition) is 1. The van der Waals surface area contributed by atoms with E-state index in [4.69, 9.17) is 0 Å². The van der Waals surface area contributed by atoms with Crippen LogP contribution >= 0.6 is 0 Å². The highest BCUT2D eigenvalue weighted by Crippen LogP contribution is 2.15. The van der Waals surface area contributed by atoms with Crippen LogP contribution in [0.5, 0.6) is 0 Å². The summed E-state index contributed by atoms with van der Waals surface area (Å²) in [6.45, 7) is 9.32.